The van der Waals surface area contributed by atoms with Crippen LogP contribution >= 0.6 is 11.8 Å². The minimum atomic E-state index is 0.296. The van der Waals surface area contributed by atoms with Gasteiger partial charge in [0.25, 0.3) is 0 Å². The van der Waals surface area contributed by atoms with Crippen LogP contribution in [0.15, 0.2) is 30.6 Å². The van der Waals surface area contributed by atoms with Crippen molar-refractivity contribution in [3.63, 3.8) is 0 Å². The molecule has 0 spiro atoms. The van der Waals surface area contributed by atoms with Gasteiger partial charge in [0, 0.05) is 46.8 Å². The molecule has 2 aromatic rings. The van der Waals surface area contributed by atoms with Gasteiger partial charge in [-0.2, -0.15) is 11.8 Å². The lowest BCUT2D eigenvalue weighted by Gasteiger charge is -2.17. The highest BCUT2D eigenvalue weighted by Gasteiger charge is 2.10. The van der Waals surface area contributed by atoms with Crippen molar-refractivity contribution in [2.45, 2.75) is 32.4 Å². The van der Waals surface area contributed by atoms with E-state index < -0.39 is 0 Å². The third-order valence-corrected chi connectivity index (χ3v) is 3.99. The smallest absolute Gasteiger partial charge is 0.163 e. The molecule has 2 heterocycles. The van der Waals surface area contributed by atoms with Crippen molar-refractivity contribution in [2.24, 2.45) is 0 Å². The summed E-state index contributed by atoms with van der Waals surface area (Å²) >= 11 is 1.94. The highest BCUT2D eigenvalue weighted by Crippen LogP contribution is 2.22. The van der Waals surface area contributed by atoms with Crippen molar-refractivity contribution >= 4 is 17.6 Å². The second kappa shape index (κ2) is 6.89. The number of pyridine rings is 1. The SMILES string of the molecule is Cc1cc(NCCSC(C)(C)C)nc(-c2cccnc2)n1. The summed E-state index contributed by atoms with van der Waals surface area (Å²) in [4.78, 5) is 13.2. The second-order valence-electron chi connectivity index (χ2n) is 5.85. The van der Waals surface area contributed by atoms with E-state index in [1.165, 1.54) is 0 Å². The van der Waals surface area contributed by atoms with Gasteiger partial charge in [0.1, 0.15) is 5.82 Å². The van der Waals surface area contributed by atoms with Crippen LogP contribution in [0.1, 0.15) is 26.5 Å². The van der Waals surface area contributed by atoms with E-state index >= 15 is 0 Å². The molecule has 0 aliphatic rings. The van der Waals surface area contributed by atoms with E-state index in [4.69, 9.17) is 0 Å². The fourth-order valence-electron chi connectivity index (χ4n) is 1.82. The number of hydrogen-bond acceptors (Lipinski definition) is 5. The third-order valence-electron chi connectivity index (χ3n) is 2.72. The molecule has 1 N–H and O–H groups in total. The highest BCUT2D eigenvalue weighted by atomic mass is 32.2. The van der Waals surface area contributed by atoms with Gasteiger partial charge in [-0.05, 0) is 19.1 Å². The van der Waals surface area contributed by atoms with Crippen LogP contribution in [0.3, 0.4) is 0 Å². The molecule has 0 saturated heterocycles. The molecule has 0 atom stereocenters. The first-order valence-electron chi connectivity index (χ1n) is 7.08. The maximum Gasteiger partial charge on any atom is 0.163 e. The monoisotopic (exact) mass is 302 g/mol. The number of rotatable bonds is 5. The number of nitrogens with one attached hydrogen (secondary N) is 1. The molecular formula is C16H22N4S. The summed E-state index contributed by atoms with van der Waals surface area (Å²) in [5, 5.41) is 3.38. The summed E-state index contributed by atoms with van der Waals surface area (Å²) in [5.74, 6) is 2.64. The first kappa shape index (κ1) is 15.8. The van der Waals surface area contributed by atoms with Crippen molar-refractivity contribution in [2.75, 3.05) is 17.6 Å². The van der Waals surface area contributed by atoms with Crippen LogP contribution in [0.25, 0.3) is 11.4 Å². The van der Waals surface area contributed by atoms with Crippen LogP contribution in [-0.4, -0.2) is 32.0 Å². The van der Waals surface area contributed by atoms with E-state index in [0.29, 0.717) is 10.6 Å². The topological polar surface area (TPSA) is 50.7 Å². The average Bonchev–Trinajstić information content (AvgIpc) is 2.43. The summed E-state index contributed by atoms with van der Waals surface area (Å²) in [6, 6.07) is 5.84. The van der Waals surface area contributed by atoms with Gasteiger partial charge in [0.2, 0.25) is 0 Å². The molecule has 21 heavy (non-hydrogen) atoms. The van der Waals surface area contributed by atoms with E-state index in [0.717, 1.165) is 29.4 Å². The standard InChI is InChI=1S/C16H22N4S/c1-12-10-14(18-8-9-21-16(2,3)4)20-15(19-12)13-6-5-7-17-11-13/h5-7,10-11H,8-9H2,1-4H3,(H,18,19,20). The van der Waals surface area contributed by atoms with Crippen molar-refractivity contribution in [3.05, 3.63) is 36.3 Å². The summed E-state index contributed by atoms with van der Waals surface area (Å²) in [7, 11) is 0. The molecule has 4 nitrogen and oxygen atoms in total. The number of anilines is 1. The number of nitrogens with zero attached hydrogens (tertiary/aromatic N) is 3. The van der Waals surface area contributed by atoms with Gasteiger partial charge in [-0.15, -0.1) is 0 Å². The molecule has 5 heteroatoms. The van der Waals surface area contributed by atoms with E-state index in [1.807, 2.05) is 36.9 Å². The minimum Gasteiger partial charge on any atom is -0.369 e. The maximum atomic E-state index is 4.57. The largest absolute Gasteiger partial charge is 0.369 e. The zero-order valence-corrected chi connectivity index (χ0v) is 13.9. The van der Waals surface area contributed by atoms with Crippen molar-refractivity contribution < 1.29 is 0 Å². The minimum absolute atomic E-state index is 0.296. The van der Waals surface area contributed by atoms with Crippen molar-refractivity contribution in [1.82, 2.24) is 15.0 Å². The van der Waals surface area contributed by atoms with Crippen LogP contribution in [0, 0.1) is 6.92 Å². The Balaban J connectivity index is 2.03. The quantitative estimate of drug-likeness (QED) is 0.852. The Kier molecular flexibility index (Phi) is 5.17. The first-order chi connectivity index (χ1) is 9.94. The number of thioether (sulfide) groups is 1. The fourth-order valence-corrected chi connectivity index (χ4v) is 2.64. The van der Waals surface area contributed by atoms with E-state index in [9.17, 15) is 0 Å². The Morgan fingerprint density at radius 1 is 1.24 bits per heavy atom. The number of aryl methyl sites for hydroxylation is 1. The lowest BCUT2D eigenvalue weighted by Crippen LogP contribution is -2.13. The van der Waals surface area contributed by atoms with Crippen LogP contribution in [0.4, 0.5) is 5.82 Å². The first-order valence-corrected chi connectivity index (χ1v) is 8.06. The third kappa shape index (κ3) is 5.34. The molecule has 112 valence electrons. The highest BCUT2D eigenvalue weighted by molar-refractivity contribution is 8.00. The van der Waals surface area contributed by atoms with E-state index in [1.54, 1.807) is 12.4 Å². The molecule has 0 aliphatic carbocycles. The van der Waals surface area contributed by atoms with Gasteiger partial charge in [-0.25, -0.2) is 9.97 Å². The Hall–Kier alpha value is -1.62. The molecular weight excluding hydrogens is 280 g/mol. The lowest BCUT2D eigenvalue weighted by molar-refractivity contribution is 0.802. The molecule has 2 aromatic heterocycles. The van der Waals surface area contributed by atoms with Gasteiger partial charge < -0.3 is 5.32 Å². The number of aromatic nitrogens is 3. The van der Waals surface area contributed by atoms with Crippen LogP contribution in [0.5, 0.6) is 0 Å². The molecule has 0 bridgehead atoms. The molecule has 0 amide bonds. The predicted molar refractivity (Wildman–Crippen MR) is 90.7 cm³/mol. The van der Waals surface area contributed by atoms with Gasteiger partial charge >= 0.3 is 0 Å². The zero-order chi connectivity index (χ0) is 15.3. The van der Waals surface area contributed by atoms with E-state index in [-0.39, 0.29) is 0 Å². The average molecular weight is 302 g/mol. The Morgan fingerprint density at radius 2 is 2.05 bits per heavy atom. The van der Waals surface area contributed by atoms with Crippen LogP contribution in [0.2, 0.25) is 0 Å². The fraction of sp³-hybridized carbons (Fsp3) is 0.438. The molecule has 0 aliphatic heterocycles. The Morgan fingerprint density at radius 3 is 2.71 bits per heavy atom. The molecule has 2 rings (SSSR count). The van der Waals surface area contributed by atoms with Crippen LogP contribution in [-0.2, 0) is 0 Å². The van der Waals surface area contributed by atoms with Gasteiger partial charge in [0.15, 0.2) is 5.82 Å². The van der Waals surface area contributed by atoms with E-state index in [2.05, 4.69) is 41.0 Å². The lowest BCUT2D eigenvalue weighted by atomic mass is 10.2. The summed E-state index contributed by atoms with van der Waals surface area (Å²) in [6.07, 6.45) is 3.54. The maximum absolute atomic E-state index is 4.57. The van der Waals surface area contributed by atoms with Gasteiger partial charge in [0.05, 0.1) is 0 Å². The van der Waals surface area contributed by atoms with Gasteiger partial charge in [-0.3, -0.25) is 4.98 Å². The summed E-state index contributed by atoms with van der Waals surface area (Å²) in [5.41, 5.74) is 1.89. The normalized spacial score (nSPS) is 11.4. The molecule has 0 saturated carbocycles. The Labute approximate surface area is 130 Å². The molecule has 0 aromatic carbocycles. The Bertz CT molecular complexity index is 579. The molecule has 0 radical (unpaired) electrons. The predicted octanol–water partition coefficient (Wildman–Crippen LogP) is 3.79. The van der Waals surface area contributed by atoms with Crippen molar-refractivity contribution in [3.8, 4) is 11.4 Å². The van der Waals surface area contributed by atoms with Gasteiger partial charge in [-0.1, -0.05) is 20.8 Å². The molecule has 0 fully saturated rings. The summed E-state index contributed by atoms with van der Waals surface area (Å²) in [6.45, 7) is 9.56. The second-order valence-corrected chi connectivity index (χ2v) is 7.77. The zero-order valence-electron chi connectivity index (χ0n) is 13.1. The number of hydrogen-bond donors (Lipinski definition) is 1. The molecule has 0 unspecified atom stereocenters. The van der Waals surface area contributed by atoms with Crippen LogP contribution < -0.4 is 5.32 Å². The summed E-state index contributed by atoms with van der Waals surface area (Å²) < 4.78 is 0.296. The van der Waals surface area contributed by atoms with Crippen molar-refractivity contribution in [1.29, 1.82) is 0 Å².